The lowest BCUT2D eigenvalue weighted by atomic mass is 9.96. The maximum atomic E-state index is 12.6. The first-order valence-corrected chi connectivity index (χ1v) is 11.0. The van der Waals surface area contributed by atoms with E-state index in [4.69, 9.17) is 9.47 Å². The van der Waals surface area contributed by atoms with Crippen LogP contribution in [-0.2, 0) is 14.6 Å². The second-order valence-electron chi connectivity index (χ2n) is 6.72. The number of carbonyl (C=O) groups excluding carboxylic acids is 1. The summed E-state index contributed by atoms with van der Waals surface area (Å²) < 4.78 is 35.5. The van der Waals surface area contributed by atoms with Crippen LogP contribution in [0.1, 0.15) is 26.2 Å². The zero-order valence-corrected chi connectivity index (χ0v) is 17.2. The Kier molecular flexibility index (Phi) is 7.91. The van der Waals surface area contributed by atoms with Crippen LogP contribution in [0.15, 0.2) is 23.1 Å². The minimum atomic E-state index is -3.57. The van der Waals surface area contributed by atoms with Gasteiger partial charge in [0.05, 0.1) is 24.9 Å². The summed E-state index contributed by atoms with van der Waals surface area (Å²) in [6, 6.07) is 4.47. The number of sulfone groups is 1. The van der Waals surface area contributed by atoms with Crippen LogP contribution in [0.4, 0.5) is 0 Å². The number of hydrogen-bond donors (Lipinski definition) is 1. The molecule has 8 heteroatoms. The Labute approximate surface area is 161 Å². The second-order valence-corrected chi connectivity index (χ2v) is 8.83. The van der Waals surface area contributed by atoms with Gasteiger partial charge in [0.25, 0.3) is 0 Å². The van der Waals surface area contributed by atoms with Crippen molar-refractivity contribution in [3.05, 3.63) is 18.2 Å². The molecule has 7 nitrogen and oxygen atoms in total. The summed E-state index contributed by atoms with van der Waals surface area (Å²) in [6.07, 6.45) is 1.91. The van der Waals surface area contributed by atoms with Crippen LogP contribution in [0.3, 0.4) is 0 Å². The number of ether oxygens (including phenoxy) is 2. The van der Waals surface area contributed by atoms with Crippen LogP contribution in [-0.4, -0.2) is 65.4 Å². The van der Waals surface area contributed by atoms with Crippen LogP contribution in [0.5, 0.6) is 11.5 Å². The van der Waals surface area contributed by atoms with Crippen molar-refractivity contribution in [3.63, 3.8) is 0 Å². The van der Waals surface area contributed by atoms with Crippen molar-refractivity contribution >= 4 is 15.7 Å². The molecule has 0 bridgehead atoms. The summed E-state index contributed by atoms with van der Waals surface area (Å²) in [4.78, 5) is 14.3. The standard InChI is InChI=1S/C19H30N2O5S/c1-4-20-14-15-7-10-21(11-8-15)19(22)9-12-27(23,24)16-5-6-17(25-2)18(13-16)26-3/h5-6,13,15,20H,4,7-12,14H2,1-3H3. The number of rotatable bonds is 9. The monoisotopic (exact) mass is 398 g/mol. The van der Waals surface area contributed by atoms with Gasteiger partial charge in [0.15, 0.2) is 21.3 Å². The summed E-state index contributed by atoms with van der Waals surface area (Å²) in [5.41, 5.74) is 0. The molecule has 0 spiro atoms. The van der Waals surface area contributed by atoms with Crippen LogP contribution >= 0.6 is 0 Å². The van der Waals surface area contributed by atoms with Gasteiger partial charge in [-0.3, -0.25) is 4.79 Å². The minimum Gasteiger partial charge on any atom is -0.493 e. The summed E-state index contributed by atoms with van der Waals surface area (Å²) in [5, 5.41) is 3.34. The molecule has 0 aliphatic carbocycles. The largest absolute Gasteiger partial charge is 0.493 e. The SMILES string of the molecule is CCNCC1CCN(C(=O)CCS(=O)(=O)c2ccc(OC)c(OC)c2)CC1. The lowest BCUT2D eigenvalue weighted by Crippen LogP contribution is -2.41. The molecule has 0 saturated carbocycles. The molecule has 1 aliphatic rings. The van der Waals surface area contributed by atoms with Crippen molar-refractivity contribution in [1.82, 2.24) is 10.2 Å². The predicted molar refractivity (Wildman–Crippen MR) is 104 cm³/mol. The number of piperidine rings is 1. The number of carbonyl (C=O) groups is 1. The predicted octanol–water partition coefficient (Wildman–Crippen LogP) is 1.72. The van der Waals surface area contributed by atoms with E-state index >= 15 is 0 Å². The first kappa shape index (κ1) is 21.5. The maximum absolute atomic E-state index is 12.6. The molecule has 1 saturated heterocycles. The number of methoxy groups -OCH3 is 2. The molecular weight excluding hydrogens is 368 g/mol. The molecule has 1 aliphatic heterocycles. The van der Waals surface area contributed by atoms with Crippen molar-refractivity contribution in [2.45, 2.75) is 31.1 Å². The van der Waals surface area contributed by atoms with Gasteiger partial charge in [0.1, 0.15) is 0 Å². The van der Waals surface area contributed by atoms with Gasteiger partial charge < -0.3 is 19.7 Å². The average molecular weight is 399 g/mol. The Balaban J connectivity index is 1.91. The van der Waals surface area contributed by atoms with Gasteiger partial charge in [-0.25, -0.2) is 8.42 Å². The van der Waals surface area contributed by atoms with Crippen molar-refractivity contribution in [2.24, 2.45) is 5.92 Å². The summed E-state index contributed by atoms with van der Waals surface area (Å²) >= 11 is 0. The quantitative estimate of drug-likeness (QED) is 0.682. The molecule has 152 valence electrons. The van der Waals surface area contributed by atoms with Crippen LogP contribution in [0, 0.1) is 5.92 Å². The topological polar surface area (TPSA) is 84.9 Å². The van der Waals surface area contributed by atoms with Crippen molar-refractivity contribution in [1.29, 1.82) is 0 Å². The van der Waals surface area contributed by atoms with E-state index in [2.05, 4.69) is 12.2 Å². The fourth-order valence-corrected chi connectivity index (χ4v) is 4.48. The smallest absolute Gasteiger partial charge is 0.223 e. The van der Waals surface area contributed by atoms with E-state index in [0.717, 1.165) is 25.9 Å². The van der Waals surface area contributed by atoms with Gasteiger partial charge in [0.2, 0.25) is 5.91 Å². The molecule has 1 fully saturated rings. The van der Waals surface area contributed by atoms with Gasteiger partial charge in [-0.1, -0.05) is 6.92 Å². The van der Waals surface area contributed by atoms with Gasteiger partial charge >= 0.3 is 0 Å². The lowest BCUT2D eigenvalue weighted by Gasteiger charge is -2.32. The van der Waals surface area contributed by atoms with Crippen LogP contribution in [0.2, 0.25) is 0 Å². The number of likely N-dealkylation sites (tertiary alicyclic amines) is 1. The number of benzene rings is 1. The van der Waals surface area contributed by atoms with E-state index in [1.165, 1.54) is 26.4 Å². The molecule has 1 aromatic carbocycles. The molecule has 2 rings (SSSR count). The van der Waals surface area contributed by atoms with Crippen LogP contribution < -0.4 is 14.8 Å². The lowest BCUT2D eigenvalue weighted by molar-refractivity contribution is -0.132. The van der Waals surface area contributed by atoms with E-state index in [0.29, 0.717) is 30.5 Å². The first-order chi connectivity index (χ1) is 12.9. The van der Waals surface area contributed by atoms with E-state index in [9.17, 15) is 13.2 Å². The van der Waals surface area contributed by atoms with E-state index in [1.54, 1.807) is 11.0 Å². The Morgan fingerprint density at radius 1 is 1.19 bits per heavy atom. The average Bonchev–Trinajstić information content (AvgIpc) is 2.70. The fraction of sp³-hybridized carbons (Fsp3) is 0.632. The Hall–Kier alpha value is -1.80. The third-order valence-corrected chi connectivity index (χ3v) is 6.66. The molecule has 0 radical (unpaired) electrons. The molecule has 1 amide bonds. The van der Waals surface area contributed by atoms with Crippen molar-refractivity contribution in [2.75, 3.05) is 46.2 Å². The highest BCUT2D eigenvalue weighted by atomic mass is 32.2. The Morgan fingerprint density at radius 3 is 2.44 bits per heavy atom. The fourth-order valence-electron chi connectivity index (χ4n) is 3.24. The van der Waals surface area contributed by atoms with Crippen molar-refractivity contribution in [3.8, 4) is 11.5 Å². The number of hydrogen-bond acceptors (Lipinski definition) is 6. The maximum Gasteiger partial charge on any atom is 0.223 e. The first-order valence-electron chi connectivity index (χ1n) is 9.34. The minimum absolute atomic E-state index is 0.00540. The number of nitrogens with zero attached hydrogens (tertiary/aromatic N) is 1. The zero-order chi connectivity index (χ0) is 19.9. The normalized spacial score (nSPS) is 15.6. The van der Waals surface area contributed by atoms with E-state index < -0.39 is 9.84 Å². The van der Waals surface area contributed by atoms with Crippen molar-refractivity contribution < 1.29 is 22.7 Å². The van der Waals surface area contributed by atoms with Crippen LogP contribution in [0.25, 0.3) is 0 Å². The highest BCUT2D eigenvalue weighted by Gasteiger charge is 2.25. The zero-order valence-electron chi connectivity index (χ0n) is 16.4. The third-order valence-electron chi connectivity index (χ3n) is 4.95. The Bertz CT molecular complexity index is 728. The molecule has 0 aromatic heterocycles. The number of amides is 1. The van der Waals surface area contributed by atoms with Gasteiger partial charge in [0, 0.05) is 25.6 Å². The molecule has 1 N–H and O–H groups in total. The Morgan fingerprint density at radius 2 is 1.85 bits per heavy atom. The summed E-state index contributed by atoms with van der Waals surface area (Å²) in [7, 11) is -0.619. The third kappa shape index (κ3) is 5.84. The number of nitrogens with one attached hydrogen (secondary N) is 1. The van der Waals surface area contributed by atoms with Gasteiger partial charge in [-0.15, -0.1) is 0 Å². The molecule has 1 heterocycles. The van der Waals surface area contributed by atoms with Gasteiger partial charge in [-0.05, 0) is 44.0 Å². The van der Waals surface area contributed by atoms with E-state index in [-0.39, 0.29) is 23.0 Å². The molecule has 1 aromatic rings. The molecule has 27 heavy (non-hydrogen) atoms. The molecule has 0 atom stereocenters. The molecule has 0 unspecified atom stereocenters. The van der Waals surface area contributed by atoms with Gasteiger partial charge in [-0.2, -0.15) is 0 Å². The summed E-state index contributed by atoms with van der Waals surface area (Å²) in [6.45, 7) is 5.41. The molecular formula is C19H30N2O5S. The highest BCUT2D eigenvalue weighted by molar-refractivity contribution is 7.91. The second kappa shape index (κ2) is 9.94. The van der Waals surface area contributed by atoms with E-state index in [1.807, 2.05) is 0 Å². The highest BCUT2D eigenvalue weighted by Crippen LogP contribution is 2.30. The summed E-state index contributed by atoms with van der Waals surface area (Å²) in [5.74, 6) is 1.10.